The fraction of sp³-hybridized carbons (Fsp3) is 0.533. The third-order valence-electron chi connectivity index (χ3n) is 3.80. The van der Waals surface area contributed by atoms with Gasteiger partial charge in [0.25, 0.3) is 0 Å². The van der Waals surface area contributed by atoms with E-state index in [4.69, 9.17) is 16.2 Å². The van der Waals surface area contributed by atoms with Crippen molar-refractivity contribution in [2.45, 2.75) is 19.4 Å². The quantitative estimate of drug-likeness (QED) is 0.446. The van der Waals surface area contributed by atoms with Crippen molar-refractivity contribution >= 4 is 29.9 Å². The lowest BCUT2D eigenvalue weighted by molar-refractivity contribution is 0.180. The highest BCUT2D eigenvalue weighted by atomic mass is 127. The lowest BCUT2D eigenvalue weighted by atomic mass is 9.96. The summed E-state index contributed by atoms with van der Waals surface area (Å²) in [6.07, 6.45) is 2.32. The molecule has 0 unspecified atom stereocenters. The van der Waals surface area contributed by atoms with Gasteiger partial charge in [0.1, 0.15) is 5.75 Å². The van der Waals surface area contributed by atoms with Crippen LogP contribution >= 0.6 is 24.0 Å². The van der Waals surface area contributed by atoms with Crippen LogP contribution in [0.2, 0.25) is 0 Å². The smallest absolute Gasteiger partial charge is 0.185 e. The van der Waals surface area contributed by atoms with Crippen LogP contribution in [0.5, 0.6) is 5.75 Å². The monoisotopic (exact) mass is 404 g/mol. The number of ether oxygens (including phenoxy) is 1. The standard InChI is InChI=1S/C15H24N4O.HI/c1-20-14-4-2-13(3-5-14)11-19-8-6-12(7-9-19)10-18-15(16)17;/h2-5,12H,6-11H2,1H3,(H4,16,17,18);1H. The number of likely N-dealkylation sites (tertiary alicyclic amines) is 1. The Morgan fingerprint density at radius 3 is 2.38 bits per heavy atom. The van der Waals surface area contributed by atoms with E-state index in [1.54, 1.807) is 7.11 Å². The first-order valence-electron chi connectivity index (χ1n) is 7.08. The number of methoxy groups -OCH3 is 1. The summed E-state index contributed by atoms with van der Waals surface area (Å²) in [5.41, 5.74) is 12.1. The molecule has 6 heteroatoms. The average molecular weight is 404 g/mol. The number of nitrogens with zero attached hydrogens (tertiary/aromatic N) is 2. The number of benzene rings is 1. The Kier molecular flexibility index (Phi) is 7.81. The summed E-state index contributed by atoms with van der Waals surface area (Å²) < 4.78 is 5.17. The molecule has 4 N–H and O–H groups in total. The van der Waals surface area contributed by atoms with Crippen molar-refractivity contribution < 1.29 is 4.74 Å². The Hall–Kier alpha value is -1.02. The Bertz CT molecular complexity index is 437. The largest absolute Gasteiger partial charge is 0.497 e. The number of rotatable bonds is 5. The van der Waals surface area contributed by atoms with Gasteiger partial charge in [-0.15, -0.1) is 24.0 Å². The number of aliphatic imine (C=N–C) groups is 1. The number of halogens is 1. The summed E-state index contributed by atoms with van der Waals surface area (Å²) in [7, 11) is 1.69. The number of guanidine groups is 1. The molecule has 0 aliphatic carbocycles. The highest BCUT2D eigenvalue weighted by Crippen LogP contribution is 2.20. The second kappa shape index (κ2) is 9.09. The summed E-state index contributed by atoms with van der Waals surface area (Å²) in [4.78, 5) is 6.60. The topological polar surface area (TPSA) is 76.9 Å². The zero-order valence-electron chi connectivity index (χ0n) is 12.5. The van der Waals surface area contributed by atoms with Crippen LogP contribution in [-0.4, -0.2) is 37.6 Å². The maximum atomic E-state index is 5.37. The highest BCUT2D eigenvalue weighted by molar-refractivity contribution is 14.0. The fourth-order valence-corrected chi connectivity index (χ4v) is 2.55. The molecule has 2 rings (SSSR count). The van der Waals surface area contributed by atoms with Crippen molar-refractivity contribution in [2.24, 2.45) is 22.4 Å². The molecular formula is C15H25IN4O. The third-order valence-corrected chi connectivity index (χ3v) is 3.80. The third kappa shape index (κ3) is 6.09. The van der Waals surface area contributed by atoms with E-state index in [0.717, 1.165) is 44.8 Å². The molecule has 0 atom stereocenters. The van der Waals surface area contributed by atoms with E-state index in [-0.39, 0.29) is 29.9 Å². The van der Waals surface area contributed by atoms with E-state index in [2.05, 4.69) is 22.0 Å². The van der Waals surface area contributed by atoms with Crippen LogP contribution in [0.3, 0.4) is 0 Å². The maximum Gasteiger partial charge on any atom is 0.185 e. The molecule has 1 aliphatic heterocycles. The minimum atomic E-state index is 0. The van der Waals surface area contributed by atoms with E-state index in [0.29, 0.717) is 5.92 Å². The molecule has 118 valence electrons. The summed E-state index contributed by atoms with van der Waals surface area (Å²) in [5.74, 6) is 1.72. The summed E-state index contributed by atoms with van der Waals surface area (Å²) >= 11 is 0. The van der Waals surface area contributed by atoms with Gasteiger partial charge < -0.3 is 16.2 Å². The lowest BCUT2D eigenvalue weighted by Crippen LogP contribution is -2.34. The first kappa shape index (κ1) is 18.0. The summed E-state index contributed by atoms with van der Waals surface area (Å²) in [6.45, 7) is 3.98. The number of hydrogen-bond acceptors (Lipinski definition) is 3. The highest BCUT2D eigenvalue weighted by Gasteiger charge is 2.18. The van der Waals surface area contributed by atoms with Crippen molar-refractivity contribution in [3.8, 4) is 5.75 Å². The first-order valence-corrected chi connectivity index (χ1v) is 7.08. The molecule has 0 aromatic heterocycles. The molecule has 0 saturated carbocycles. The van der Waals surface area contributed by atoms with Gasteiger partial charge in [0.2, 0.25) is 0 Å². The van der Waals surface area contributed by atoms with Gasteiger partial charge in [-0.25, -0.2) is 0 Å². The van der Waals surface area contributed by atoms with Crippen LogP contribution in [0, 0.1) is 5.92 Å². The molecule has 5 nitrogen and oxygen atoms in total. The van der Waals surface area contributed by atoms with Crippen molar-refractivity contribution in [2.75, 3.05) is 26.7 Å². The molecule has 0 amide bonds. The van der Waals surface area contributed by atoms with Crippen LogP contribution in [0.25, 0.3) is 0 Å². The van der Waals surface area contributed by atoms with Gasteiger partial charge in [0.05, 0.1) is 7.11 Å². The second-order valence-electron chi connectivity index (χ2n) is 5.33. The summed E-state index contributed by atoms with van der Waals surface area (Å²) in [5, 5.41) is 0. The van der Waals surface area contributed by atoms with E-state index in [9.17, 15) is 0 Å². The van der Waals surface area contributed by atoms with Gasteiger partial charge in [-0.1, -0.05) is 12.1 Å². The van der Waals surface area contributed by atoms with Gasteiger partial charge in [0.15, 0.2) is 5.96 Å². The Morgan fingerprint density at radius 2 is 1.86 bits per heavy atom. The zero-order chi connectivity index (χ0) is 14.4. The SMILES string of the molecule is COc1ccc(CN2CCC(CN=C(N)N)CC2)cc1.I. The average Bonchev–Trinajstić information content (AvgIpc) is 2.47. The lowest BCUT2D eigenvalue weighted by Gasteiger charge is -2.31. The van der Waals surface area contributed by atoms with E-state index in [1.807, 2.05) is 12.1 Å². The molecule has 21 heavy (non-hydrogen) atoms. The fourth-order valence-electron chi connectivity index (χ4n) is 2.55. The zero-order valence-corrected chi connectivity index (χ0v) is 14.8. The van der Waals surface area contributed by atoms with Crippen molar-refractivity contribution in [3.05, 3.63) is 29.8 Å². The predicted molar refractivity (Wildman–Crippen MR) is 97.1 cm³/mol. The number of nitrogens with two attached hydrogens (primary N) is 2. The Balaban J connectivity index is 0.00000220. The van der Waals surface area contributed by atoms with Crippen LogP contribution in [-0.2, 0) is 6.54 Å². The molecular weight excluding hydrogens is 379 g/mol. The van der Waals surface area contributed by atoms with Gasteiger partial charge in [-0.3, -0.25) is 9.89 Å². The number of hydrogen-bond donors (Lipinski definition) is 2. The molecule has 1 heterocycles. The minimum Gasteiger partial charge on any atom is -0.497 e. The second-order valence-corrected chi connectivity index (χ2v) is 5.33. The molecule has 1 aromatic carbocycles. The molecule has 1 aromatic rings. The molecule has 0 bridgehead atoms. The molecule has 1 saturated heterocycles. The van der Waals surface area contributed by atoms with Crippen LogP contribution in [0.4, 0.5) is 0 Å². The van der Waals surface area contributed by atoms with Gasteiger partial charge in [-0.2, -0.15) is 0 Å². The van der Waals surface area contributed by atoms with Gasteiger partial charge in [-0.05, 0) is 49.5 Å². The van der Waals surface area contributed by atoms with E-state index in [1.165, 1.54) is 5.56 Å². The first-order chi connectivity index (χ1) is 9.67. The van der Waals surface area contributed by atoms with Crippen LogP contribution in [0.1, 0.15) is 18.4 Å². The Labute approximate surface area is 143 Å². The van der Waals surface area contributed by atoms with Crippen molar-refractivity contribution in [1.29, 1.82) is 0 Å². The van der Waals surface area contributed by atoms with E-state index < -0.39 is 0 Å². The van der Waals surface area contributed by atoms with Crippen LogP contribution < -0.4 is 16.2 Å². The normalized spacial score (nSPS) is 16.0. The predicted octanol–water partition coefficient (Wildman–Crippen LogP) is 1.80. The maximum absolute atomic E-state index is 5.37. The molecule has 0 spiro atoms. The molecule has 1 fully saturated rings. The minimum absolute atomic E-state index is 0. The van der Waals surface area contributed by atoms with Crippen LogP contribution in [0.15, 0.2) is 29.3 Å². The summed E-state index contributed by atoms with van der Waals surface area (Å²) in [6, 6.07) is 8.29. The van der Waals surface area contributed by atoms with Crippen molar-refractivity contribution in [3.63, 3.8) is 0 Å². The van der Waals surface area contributed by atoms with Gasteiger partial charge >= 0.3 is 0 Å². The molecule has 1 aliphatic rings. The molecule has 0 radical (unpaired) electrons. The van der Waals surface area contributed by atoms with Crippen molar-refractivity contribution in [1.82, 2.24) is 4.90 Å². The van der Waals surface area contributed by atoms with Gasteiger partial charge in [0, 0.05) is 13.1 Å². The number of piperidine rings is 1. The van der Waals surface area contributed by atoms with E-state index >= 15 is 0 Å². The Morgan fingerprint density at radius 1 is 1.24 bits per heavy atom.